The van der Waals surface area contributed by atoms with E-state index in [0.29, 0.717) is 50.5 Å². The Balaban J connectivity index is 1.72. The van der Waals surface area contributed by atoms with E-state index >= 15 is 0 Å². The average Bonchev–Trinajstić information content (AvgIpc) is 2.96. The number of nitrogens with zero attached hydrogens (tertiary/aromatic N) is 4. The quantitative estimate of drug-likeness (QED) is 0.699. The van der Waals surface area contributed by atoms with Gasteiger partial charge in [0.1, 0.15) is 0 Å². The second-order valence-electron chi connectivity index (χ2n) is 8.21. The molecule has 2 amide bonds. The number of hydrogen-bond donors (Lipinski definition) is 0. The zero-order valence-electron chi connectivity index (χ0n) is 18.4. The summed E-state index contributed by atoms with van der Waals surface area (Å²) in [6.07, 6.45) is -2.88. The number of alkyl halides is 3. The minimum absolute atomic E-state index is 0.228. The topological polar surface area (TPSA) is 67.7 Å². The molecule has 174 valence electrons. The molecule has 0 aliphatic carbocycles. The van der Waals surface area contributed by atoms with E-state index in [1.165, 1.54) is 23.0 Å². The third-order valence-corrected chi connectivity index (χ3v) is 5.24. The van der Waals surface area contributed by atoms with E-state index in [2.05, 4.69) is 5.10 Å². The molecule has 0 saturated carbocycles. The van der Waals surface area contributed by atoms with Crippen LogP contribution in [0.4, 0.5) is 18.0 Å². The Bertz CT molecular complexity index is 972. The highest BCUT2D eigenvalue weighted by Gasteiger charge is 2.31. The maximum absolute atomic E-state index is 13.1. The molecule has 0 N–H and O–H groups in total. The van der Waals surface area contributed by atoms with Crippen LogP contribution in [0.1, 0.15) is 41.9 Å². The van der Waals surface area contributed by atoms with Crippen LogP contribution in [-0.4, -0.2) is 64.4 Å². The number of amides is 2. The van der Waals surface area contributed by atoms with Crippen LogP contribution in [0.2, 0.25) is 0 Å². The molecule has 32 heavy (non-hydrogen) atoms. The Hall–Kier alpha value is -3.04. The Labute approximate surface area is 184 Å². The molecule has 2 aromatic rings. The Kier molecular flexibility index (Phi) is 7.10. The van der Waals surface area contributed by atoms with Crippen LogP contribution in [-0.2, 0) is 10.9 Å². The van der Waals surface area contributed by atoms with Gasteiger partial charge in [0.2, 0.25) is 0 Å². The normalized spacial score (nSPS) is 15.1. The number of aromatic nitrogens is 2. The highest BCUT2D eigenvalue weighted by atomic mass is 19.4. The van der Waals surface area contributed by atoms with Crippen molar-refractivity contribution in [3.05, 3.63) is 47.3 Å². The van der Waals surface area contributed by atoms with Crippen molar-refractivity contribution in [3.8, 4) is 5.69 Å². The van der Waals surface area contributed by atoms with Gasteiger partial charge >= 0.3 is 12.3 Å². The van der Waals surface area contributed by atoms with Crippen LogP contribution in [0, 0.1) is 12.8 Å². The Morgan fingerprint density at radius 2 is 1.81 bits per heavy atom. The van der Waals surface area contributed by atoms with Gasteiger partial charge in [0.15, 0.2) is 0 Å². The van der Waals surface area contributed by atoms with Crippen LogP contribution < -0.4 is 0 Å². The molecule has 7 nitrogen and oxygen atoms in total. The highest BCUT2D eigenvalue weighted by Crippen LogP contribution is 2.30. The summed E-state index contributed by atoms with van der Waals surface area (Å²) in [5.74, 6) is -0.0292. The summed E-state index contributed by atoms with van der Waals surface area (Å²) in [7, 11) is 0. The van der Waals surface area contributed by atoms with Gasteiger partial charge in [0.25, 0.3) is 5.91 Å². The van der Waals surface area contributed by atoms with E-state index in [4.69, 9.17) is 4.74 Å². The van der Waals surface area contributed by atoms with Gasteiger partial charge < -0.3 is 14.5 Å². The van der Waals surface area contributed by atoms with E-state index in [9.17, 15) is 22.8 Å². The first-order chi connectivity index (χ1) is 15.1. The van der Waals surface area contributed by atoms with Crippen LogP contribution in [0.5, 0.6) is 0 Å². The lowest BCUT2D eigenvalue weighted by Gasteiger charge is -2.22. The number of ether oxygens (including phenoxy) is 1. The number of benzene rings is 1. The third-order valence-electron chi connectivity index (χ3n) is 5.24. The fourth-order valence-electron chi connectivity index (χ4n) is 3.50. The van der Waals surface area contributed by atoms with Crippen molar-refractivity contribution in [3.63, 3.8) is 0 Å². The van der Waals surface area contributed by atoms with E-state index in [-0.39, 0.29) is 23.6 Å². The van der Waals surface area contributed by atoms with Crippen molar-refractivity contribution in [2.75, 3.05) is 32.8 Å². The van der Waals surface area contributed by atoms with E-state index in [1.54, 1.807) is 16.7 Å². The van der Waals surface area contributed by atoms with Crippen molar-refractivity contribution >= 4 is 12.0 Å². The first-order valence-electron chi connectivity index (χ1n) is 10.5. The molecule has 1 saturated heterocycles. The molecule has 0 unspecified atom stereocenters. The van der Waals surface area contributed by atoms with Crippen molar-refractivity contribution < 1.29 is 27.5 Å². The Morgan fingerprint density at radius 3 is 2.50 bits per heavy atom. The second kappa shape index (κ2) is 9.62. The lowest BCUT2D eigenvalue weighted by Crippen LogP contribution is -2.38. The molecule has 0 bridgehead atoms. The van der Waals surface area contributed by atoms with Crippen molar-refractivity contribution in [2.45, 2.75) is 33.4 Å². The van der Waals surface area contributed by atoms with Crippen LogP contribution >= 0.6 is 0 Å². The highest BCUT2D eigenvalue weighted by molar-refractivity contribution is 5.95. The molecule has 1 aliphatic rings. The van der Waals surface area contributed by atoms with Crippen LogP contribution in [0.3, 0.4) is 0 Å². The average molecular weight is 452 g/mol. The molecule has 1 aromatic heterocycles. The SMILES string of the molecule is Cc1c(C(=O)N2CCCN(C(=O)OCC(C)C)CC2)cnn1-c1cccc(C(F)(F)F)c1. The van der Waals surface area contributed by atoms with Gasteiger partial charge in [-0.05, 0) is 37.5 Å². The number of carbonyl (C=O) groups excluding carboxylic acids is 2. The van der Waals surface area contributed by atoms with Gasteiger partial charge in [-0.3, -0.25) is 4.79 Å². The first kappa shape index (κ1) is 23.6. The number of hydrogen-bond acceptors (Lipinski definition) is 4. The van der Waals surface area contributed by atoms with E-state index in [0.717, 1.165) is 12.1 Å². The monoisotopic (exact) mass is 452 g/mol. The predicted octanol–water partition coefficient (Wildman–Crippen LogP) is 4.14. The summed E-state index contributed by atoms with van der Waals surface area (Å²) in [6, 6.07) is 4.81. The minimum atomic E-state index is -4.47. The molecule has 2 heterocycles. The minimum Gasteiger partial charge on any atom is -0.449 e. The summed E-state index contributed by atoms with van der Waals surface area (Å²) in [4.78, 5) is 28.5. The van der Waals surface area contributed by atoms with Gasteiger partial charge in [-0.15, -0.1) is 0 Å². The third kappa shape index (κ3) is 5.41. The fraction of sp³-hybridized carbons (Fsp3) is 0.500. The zero-order valence-corrected chi connectivity index (χ0v) is 18.4. The molecule has 1 fully saturated rings. The predicted molar refractivity (Wildman–Crippen MR) is 112 cm³/mol. The summed E-state index contributed by atoms with van der Waals surface area (Å²) < 4.78 is 45.7. The molecule has 0 atom stereocenters. The van der Waals surface area contributed by atoms with Gasteiger partial charge in [-0.25, -0.2) is 9.48 Å². The Morgan fingerprint density at radius 1 is 1.12 bits per heavy atom. The molecule has 1 aliphatic heterocycles. The van der Waals surface area contributed by atoms with Crippen molar-refractivity contribution in [1.29, 1.82) is 0 Å². The summed E-state index contributed by atoms with van der Waals surface area (Å²) in [5, 5.41) is 4.15. The molecular formula is C22H27F3N4O3. The summed E-state index contributed by atoms with van der Waals surface area (Å²) in [6.45, 7) is 7.53. The number of carbonyl (C=O) groups is 2. The van der Waals surface area contributed by atoms with Crippen LogP contribution in [0.25, 0.3) is 5.69 Å². The summed E-state index contributed by atoms with van der Waals surface area (Å²) in [5.41, 5.74) is 0.214. The van der Waals surface area contributed by atoms with Gasteiger partial charge in [-0.1, -0.05) is 19.9 Å². The largest absolute Gasteiger partial charge is 0.449 e. The molecule has 0 spiro atoms. The molecule has 0 radical (unpaired) electrons. The standard InChI is InChI=1S/C22H27F3N4O3/c1-15(2)14-32-21(31)28-9-5-8-27(10-11-28)20(30)19-13-26-29(16(19)3)18-7-4-6-17(12-18)22(23,24)25/h4,6-7,12-13,15H,5,8-11,14H2,1-3H3. The summed E-state index contributed by atoms with van der Waals surface area (Å²) >= 11 is 0. The van der Waals surface area contributed by atoms with Gasteiger partial charge in [0, 0.05) is 26.2 Å². The first-order valence-corrected chi connectivity index (χ1v) is 10.5. The molecular weight excluding hydrogens is 425 g/mol. The van der Waals surface area contributed by atoms with Crippen molar-refractivity contribution in [2.24, 2.45) is 5.92 Å². The molecule has 1 aromatic carbocycles. The molecule has 10 heteroatoms. The lowest BCUT2D eigenvalue weighted by atomic mass is 10.2. The van der Waals surface area contributed by atoms with E-state index in [1.807, 2.05) is 13.8 Å². The zero-order chi connectivity index (χ0) is 23.5. The second-order valence-corrected chi connectivity index (χ2v) is 8.21. The molecule has 3 rings (SSSR count). The maximum Gasteiger partial charge on any atom is 0.416 e. The van der Waals surface area contributed by atoms with Gasteiger partial charge in [0.05, 0.1) is 35.3 Å². The van der Waals surface area contributed by atoms with Gasteiger partial charge in [-0.2, -0.15) is 18.3 Å². The van der Waals surface area contributed by atoms with Crippen LogP contribution in [0.15, 0.2) is 30.5 Å². The lowest BCUT2D eigenvalue weighted by molar-refractivity contribution is -0.137. The van der Waals surface area contributed by atoms with E-state index < -0.39 is 11.7 Å². The maximum atomic E-state index is 13.1. The number of rotatable bonds is 4. The fourth-order valence-corrected chi connectivity index (χ4v) is 3.50. The number of halogens is 3. The smallest absolute Gasteiger partial charge is 0.416 e. The van der Waals surface area contributed by atoms with Crippen molar-refractivity contribution in [1.82, 2.24) is 19.6 Å².